The number of nitro benzene ring substituents is 2. The van der Waals surface area contributed by atoms with Crippen LogP contribution in [0.2, 0.25) is 0 Å². The zero-order valence-electron chi connectivity index (χ0n) is 44.0. The van der Waals surface area contributed by atoms with Crippen molar-refractivity contribution in [3.05, 3.63) is 67.8 Å². The number of ether oxygens (including phenoxy) is 6. The molecule has 0 heterocycles. The fourth-order valence-electron chi connectivity index (χ4n) is 6.85. The van der Waals surface area contributed by atoms with Crippen LogP contribution >= 0.6 is 0 Å². The number of benzene rings is 2. The van der Waals surface area contributed by atoms with Gasteiger partial charge in [0.1, 0.15) is 11.5 Å². The lowest BCUT2D eigenvalue weighted by atomic mass is 10.0. The van der Waals surface area contributed by atoms with Gasteiger partial charge in [-0.15, -0.1) is 0 Å². The molecule has 0 aliphatic rings. The zero-order chi connectivity index (χ0) is 72.8. The summed E-state index contributed by atoms with van der Waals surface area (Å²) in [5.41, 5.74) is -5.51. The smallest absolute Gasteiger partial charge is 0.394 e. The van der Waals surface area contributed by atoms with Crippen molar-refractivity contribution in [3.8, 4) is 11.5 Å². The van der Waals surface area contributed by atoms with Crippen LogP contribution in [-0.4, -0.2) is 150 Å². The van der Waals surface area contributed by atoms with Crippen molar-refractivity contribution in [2.45, 2.75) is 160 Å². The van der Waals surface area contributed by atoms with Crippen molar-refractivity contribution in [1.29, 1.82) is 0 Å². The third-order valence-corrected chi connectivity index (χ3v) is 12.1. The second-order valence-corrected chi connectivity index (χ2v) is 19.0. The maximum atomic E-state index is 14.5. The lowest BCUT2D eigenvalue weighted by Crippen LogP contribution is -2.61. The average molecular weight is 1440 g/mol. The van der Waals surface area contributed by atoms with Gasteiger partial charge in [0.2, 0.25) is 0 Å². The topological polar surface area (TPSA) is 159 Å². The third-order valence-electron chi connectivity index (χ3n) is 12.1. The summed E-state index contributed by atoms with van der Waals surface area (Å²) in [6, 6.07) is 0.668. The minimum Gasteiger partial charge on any atom is -0.394 e. The quantitative estimate of drug-likeness (QED) is 0.0171. The highest BCUT2D eigenvalue weighted by molar-refractivity contribution is 5.69. The van der Waals surface area contributed by atoms with Crippen LogP contribution in [0.5, 0.6) is 11.5 Å². The van der Waals surface area contributed by atoms with E-state index in [1.807, 2.05) is 0 Å². The first-order valence-electron chi connectivity index (χ1n) is 23.3. The van der Waals surface area contributed by atoms with Gasteiger partial charge >= 0.3 is 102 Å². The summed E-state index contributed by atoms with van der Waals surface area (Å²) in [5.74, 6) is -97.7. The van der Waals surface area contributed by atoms with Crippen LogP contribution in [-0.2, 0) is 31.8 Å². The highest BCUT2D eigenvalue weighted by Gasteiger charge is 2.84. The molecule has 0 unspecified atom stereocenters. The molecular formula is C43H32F36N2O11. The molecular weight excluding hydrogens is 1400 g/mol. The van der Waals surface area contributed by atoms with E-state index in [1.165, 1.54) is 0 Å². The van der Waals surface area contributed by atoms with E-state index < -0.39 is 222 Å². The van der Waals surface area contributed by atoms with E-state index in [0.717, 1.165) is 0 Å². The number of carbonyl (C=O) groups is 1. The maximum absolute atomic E-state index is 14.5. The molecule has 0 aromatic heterocycles. The average Bonchev–Trinajstić information content (AvgIpc) is 0.767. The number of rotatable bonds is 32. The molecule has 49 heteroatoms. The first-order chi connectivity index (χ1) is 40.5. The van der Waals surface area contributed by atoms with Gasteiger partial charge in [0.25, 0.3) is 11.4 Å². The van der Waals surface area contributed by atoms with Gasteiger partial charge in [-0.3, -0.25) is 20.2 Å². The molecule has 0 amide bonds. The summed E-state index contributed by atoms with van der Waals surface area (Å²) in [6.45, 7) is -10.0. The zero-order valence-corrected chi connectivity index (χ0v) is 44.0. The number of halogens is 36. The third kappa shape index (κ3) is 16.7. The molecule has 0 bridgehead atoms. The van der Waals surface area contributed by atoms with E-state index in [0.29, 0.717) is 0 Å². The summed E-state index contributed by atoms with van der Waals surface area (Å²) < 4.78 is 518. The first-order valence-corrected chi connectivity index (χ1v) is 23.3. The number of nitrogens with zero attached hydrogens (tertiary/aromatic N) is 2. The second-order valence-electron chi connectivity index (χ2n) is 19.0. The number of carbonyl (C=O) groups excluding carboxylic acids is 1. The highest BCUT2D eigenvalue weighted by atomic mass is 19.5. The SMILES string of the molecule is CC(Cc1cc([N+](=O)[O-])ccc1OC(=O)Oc1ccc([N+](=O)[O-])cc1CC(C)(OCCC(F)(F)C(F)(F)C(F)(F)C(F)(F)F)OCCC(F)(F)C(F)(F)C(F)(F)C(F)(F)F)(OCCC(F)(F)C(F)(F)C(F)(F)C(F)(F)F)OCCC(F)(F)C(F)(F)C(F)(F)C(F)(F)F. The summed E-state index contributed by atoms with van der Waals surface area (Å²) in [7, 11) is 0. The number of alkyl halides is 36. The van der Waals surface area contributed by atoms with E-state index in [1.54, 1.807) is 0 Å². The van der Waals surface area contributed by atoms with Crippen molar-refractivity contribution in [1.82, 2.24) is 0 Å². The predicted molar refractivity (Wildman–Crippen MR) is 223 cm³/mol. The number of nitro groups is 2. The van der Waals surface area contributed by atoms with Crippen molar-refractivity contribution < 1.29 is 201 Å². The van der Waals surface area contributed by atoms with Gasteiger partial charge in [-0.2, -0.15) is 158 Å². The van der Waals surface area contributed by atoms with Crippen LogP contribution in [0, 0.1) is 20.2 Å². The monoisotopic (exact) mass is 1440 g/mol. The van der Waals surface area contributed by atoms with E-state index in [-0.39, 0.29) is 50.2 Å². The van der Waals surface area contributed by atoms with Crippen LogP contribution in [0.4, 0.5) is 174 Å². The number of hydrogen-bond donors (Lipinski definition) is 0. The predicted octanol–water partition coefficient (Wildman–Crippen LogP) is 17.1. The van der Waals surface area contributed by atoms with Gasteiger partial charge in [0.05, 0.1) is 36.3 Å². The summed E-state index contributed by atoms with van der Waals surface area (Å²) >= 11 is 0. The Labute approximate surface area is 484 Å². The van der Waals surface area contributed by atoms with Crippen molar-refractivity contribution in [2.24, 2.45) is 0 Å². The Hall–Kier alpha value is -6.17. The van der Waals surface area contributed by atoms with Crippen molar-refractivity contribution >= 4 is 17.5 Å². The van der Waals surface area contributed by atoms with E-state index in [9.17, 15) is 183 Å². The molecule has 0 aliphatic heterocycles. The second kappa shape index (κ2) is 26.2. The molecule has 0 saturated carbocycles. The van der Waals surface area contributed by atoms with Crippen molar-refractivity contribution in [3.63, 3.8) is 0 Å². The molecule has 0 fully saturated rings. The molecule has 13 nitrogen and oxygen atoms in total. The summed E-state index contributed by atoms with van der Waals surface area (Å²) in [6.07, 6.45) is -49.0. The Bertz CT molecular complexity index is 2600. The van der Waals surface area contributed by atoms with Gasteiger partial charge in [0, 0.05) is 73.9 Å². The molecule has 0 atom stereocenters. The molecule has 0 spiro atoms. The Balaban J connectivity index is 2.85. The fraction of sp³-hybridized carbons (Fsp3) is 0.698. The van der Waals surface area contributed by atoms with E-state index in [2.05, 4.69) is 18.9 Å². The van der Waals surface area contributed by atoms with Gasteiger partial charge < -0.3 is 28.4 Å². The Morgan fingerprint density at radius 1 is 0.348 bits per heavy atom. The standard InChI is InChI=1S/C43H32F36N2O11/c1-26(87-11-7-28(44,45)32(52,53)36(60,61)40(68,69)70,88-12-8-29(46,47)33(54,55)37(62,63)41(71,72)73)17-19-15-21(80(83)84)3-5-23(19)91-25(82)92-24-6-4-22(81(85)86)16-20(24)18-27(2,89-13-9-30(48,49)34(56,57)38(64,65)42(74,75)76)90-14-10-31(50,51)35(58,59)39(66,67)43(77,78)79/h3-6,15-16H,7-14,17-18H2,1-2H3. The molecule has 2 rings (SSSR count). The Morgan fingerprint density at radius 3 is 0.717 bits per heavy atom. The summed E-state index contributed by atoms with van der Waals surface area (Å²) in [4.78, 5) is 33.8. The minimum absolute atomic E-state index is 0.0115. The number of non-ortho nitro benzene ring substituents is 2. The Kier molecular flexibility index (Phi) is 23.3. The van der Waals surface area contributed by atoms with E-state index >= 15 is 0 Å². The number of hydrogen-bond acceptors (Lipinski definition) is 11. The van der Waals surface area contributed by atoms with Crippen LogP contribution in [0.15, 0.2) is 36.4 Å². The van der Waals surface area contributed by atoms with Gasteiger partial charge in [-0.1, -0.05) is 0 Å². The van der Waals surface area contributed by atoms with Gasteiger partial charge in [-0.25, -0.2) is 4.79 Å². The lowest BCUT2D eigenvalue weighted by molar-refractivity contribution is -0.399. The molecule has 532 valence electrons. The molecule has 2 aromatic rings. The molecule has 0 radical (unpaired) electrons. The molecule has 2 aromatic carbocycles. The van der Waals surface area contributed by atoms with Gasteiger partial charge in [-0.05, 0) is 26.0 Å². The van der Waals surface area contributed by atoms with Crippen molar-refractivity contribution in [2.75, 3.05) is 26.4 Å². The molecule has 0 aliphatic carbocycles. The van der Waals surface area contributed by atoms with Crippen LogP contribution in [0.1, 0.15) is 50.7 Å². The summed E-state index contributed by atoms with van der Waals surface area (Å²) in [5, 5.41) is 23.4. The largest absolute Gasteiger partial charge is 0.519 e. The van der Waals surface area contributed by atoms with Crippen LogP contribution in [0.3, 0.4) is 0 Å². The molecule has 0 N–H and O–H groups in total. The van der Waals surface area contributed by atoms with Crippen LogP contribution < -0.4 is 9.47 Å². The van der Waals surface area contributed by atoms with Gasteiger partial charge in [0.15, 0.2) is 11.6 Å². The Morgan fingerprint density at radius 2 is 0.543 bits per heavy atom. The lowest BCUT2D eigenvalue weighted by Gasteiger charge is -2.36. The normalized spacial score (nSPS) is 15.0. The first kappa shape index (κ1) is 81.9. The van der Waals surface area contributed by atoms with E-state index in [4.69, 9.17) is 9.47 Å². The fourth-order valence-corrected chi connectivity index (χ4v) is 6.85. The maximum Gasteiger partial charge on any atom is 0.519 e. The molecule has 92 heavy (non-hydrogen) atoms. The minimum atomic E-state index is -7.66. The highest BCUT2D eigenvalue weighted by Crippen LogP contribution is 2.58. The van der Waals surface area contributed by atoms with Crippen LogP contribution in [0.25, 0.3) is 0 Å². The molecule has 0 saturated heterocycles.